The lowest BCUT2D eigenvalue weighted by Crippen LogP contribution is -2.52. The van der Waals surface area contributed by atoms with E-state index in [0.29, 0.717) is 5.41 Å². The van der Waals surface area contributed by atoms with Crippen molar-refractivity contribution >= 4 is 11.6 Å². The Labute approximate surface area is 158 Å². The second-order valence-electron chi connectivity index (χ2n) is 7.43. The van der Waals surface area contributed by atoms with Crippen LogP contribution < -0.4 is 10.2 Å². The van der Waals surface area contributed by atoms with Gasteiger partial charge in [-0.2, -0.15) is 0 Å². The lowest BCUT2D eigenvalue weighted by Gasteiger charge is -2.37. The van der Waals surface area contributed by atoms with Crippen LogP contribution in [0.2, 0.25) is 0 Å². The minimum absolute atomic E-state index is 0.404. The number of hydrogen-bond acceptors (Lipinski definition) is 3. The molecular weight excluding hydrogens is 324 g/mol. The summed E-state index contributed by atoms with van der Waals surface area (Å²) in [6.45, 7) is 11.9. The third kappa shape index (κ3) is 5.13. The number of aliphatic imine (C=N–C) groups is 1. The molecule has 0 amide bonds. The van der Waals surface area contributed by atoms with Gasteiger partial charge in [0.25, 0.3) is 0 Å². The summed E-state index contributed by atoms with van der Waals surface area (Å²) in [5.41, 5.74) is 1.73. The van der Waals surface area contributed by atoms with E-state index in [1.54, 1.807) is 0 Å². The van der Waals surface area contributed by atoms with Crippen molar-refractivity contribution in [2.75, 3.05) is 57.4 Å². The SMILES string of the molecule is CCNC(=NCC1(CCOCC)CC1)N1CCN(c2ccccc2)CC1. The van der Waals surface area contributed by atoms with Gasteiger partial charge in [-0.25, -0.2) is 0 Å². The van der Waals surface area contributed by atoms with E-state index in [1.165, 1.54) is 18.5 Å². The molecule has 5 nitrogen and oxygen atoms in total. The molecule has 5 heteroatoms. The van der Waals surface area contributed by atoms with Crippen molar-refractivity contribution in [3.63, 3.8) is 0 Å². The average Bonchev–Trinajstić information content (AvgIpc) is 3.46. The maximum Gasteiger partial charge on any atom is 0.194 e. The summed E-state index contributed by atoms with van der Waals surface area (Å²) >= 11 is 0. The van der Waals surface area contributed by atoms with E-state index in [4.69, 9.17) is 9.73 Å². The number of benzene rings is 1. The highest BCUT2D eigenvalue weighted by Crippen LogP contribution is 2.49. The van der Waals surface area contributed by atoms with Gasteiger partial charge in [0, 0.05) is 58.2 Å². The molecule has 26 heavy (non-hydrogen) atoms. The van der Waals surface area contributed by atoms with Crippen molar-refractivity contribution in [3.05, 3.63) is 30.3 Å². The Hall–Kier alpha value is -1.75. The van der Waals surface area contributed by atoms with Crippen molar-refractivity contribution in [3.8, 4) is 0 Å². The number of nitrogens with zero attached hydrogens (tertiary/aromatic N) is 3. The third-order valence-corrected chi connectivity index (χ3v) is 5.54. The molecule has 0 unspecified atom stereocenters. The maximum atomic E-state index is 5.55. The van der Waals surface area contributed by atoms with E-state index in [9.17, 15) is 0 Å². The molecule has 0 spiro atoms. The normalized spacial score (nSPS) is 19.5. The molecular formula is C21H34N4O. The molecule has 0 aromatic heterocycles. The first-order valence-corrected chi connectivity index (χ1v) is 10.2. The van der Waals surface area contributed by atoms with Crippen molar-refractivity contribution in [2.45, 2.75) is 33.1 Å². The van der Waals surface area contributed by atoms with E-state index in [0.717, 1.165) is 64.9 Å². The van der Waals surface area contributed by atoms with Gasteiger partial charge in [-0.3, -0.25) is 4.99 Å². The lowest BCUT2D eigenvalue weighted by molar-refractivity contribution is 0.129. The smallest absolute Gasteiger partial charge is 0.194 e. The number of hydrogen-bond donors (Lipinski definition) is 1. The average molecular weight is 359 g/mol. The van der Waals surface area contributed by atoms with Crippen molar-refractivity contribution in [1.29, 1.82) is 0 Å². The number of guanidine groups is 1. The van der Waals surface area contributed by atoms with Gasteiger partial charge in [-0.1, -0.05) is 18.2 Å². The van der Waals surface area contributed by atoms with Crippen LogP contribution in [0.4, 0.5) is 5.69 Å². The number of ether oxygens (including phenoxy) is 1. The van der Waals surface area contributed by atoms with Gasteiger partial charge < -0.3 is 19.9 Å². The monoisotopic (exact) mass is 358 g/mol. The summed E-state index contributed by atoms with van der Waals surface area (Å²) in [4.78, 5) is 9.89. The van der Waals surface area contributed by atoms with Crippen LogP contribution in [0, 0.1) is 5.41 Å². The van der Waals surface area contributed by atoms with Crippen molar-refractivity contribution in [2.24, 2.45) is 10.4 Å². The quantitative estimate of drug-likeness (QED) is 0.441. The highest BCUT2D eigenvalue weighted by Gasteiger charge is 2.42. The minimum atomic E-state index is 0.404. The zero-order valence-corrected chi connectivity index (χ0v) is 16.4. The number of nitrogens with one attached hydrogen (secondary N) is 1. The highest BCUT2D eigenvalue weighted by molar-refractivity contribution is 5.80. The summed E-state index contributed by atoms with van der Waals surface area (Å²) in [6, 6.07) is 10.7. The number of rotatable bonds is 8. The van der Waals surface area contributed by atoms with Gasteiger partial charge in [-0.15, -0.1) is 0 Å². The van der Waals surface area contributed by atoms with Crippen LogP contribution in [-0.4, -0.2) is 63.3 Å². The Morgan fingerprint density at radius 2 is 1.85 bits per heavy atom. The molecule has 1 heterocycles. The molecule has 2 aliphatic rings. The number of anilines is 1. The summed E-state index contributed by atoms with van der Waals surface area (Å²) in [7, 11) is 0. The first-order chi connectivity index (χ1) is 12.8. The summed E-state index contributed by atoms with van der Waals surface area (Å²) < 4.78 is 5.55. The predicted molar refractivity (Wildman–Crippen MR) is 109 cm³/mol. The van der Waals surface area contributed by atoms with E-state index in [2.05, 4.69) is 59.3 Å². The first-order valence-electron chi connectivity index (χ1n) is 10.2. The molecule has 1 N–H and O–H groups in total. The highest BCUT2D eigenvalue weighted by atomic mass is 16.5. The molecule has 1 aliphatic heterocycles. The fourth-order valence-corrected chi connectivity index (χ4v) is 3.58. The third-order valence-electron chi connectivity index (χ3n) is 5.54. The van der Waals surface area contributed by atoms with Gasteiger partial charge in [0.1, 0.15) is 0 Å². The second-order valence-corrected chi connectivity index (χ2v) is 7.43. The van der Waals surface area contributed by atoms with Crippen LogP contribution in [0.15, 0.2) is 35.3 Å². The Kier molecular flexibility index (Phi) is 6.78. The standard InChI is InChI=1S/C21H34N4O/c1-3-22-20(23-18-21(10-11-21)12-17-26-4-2)25-15-13-24(14-16-25)19-8-6-5-7-9-19/h5-9H,3-4,10-18H2,1-2H3,(H,22,23). The fourth-order valence-electron chi connectivity index (χ4n) is 3.58. The van der Waals surface area contributed by atoms with E-state index in [1.807, 2.05) is 0 Å². The Balaban J connectivity index is 1.53. The van der Waals surface area contributed by atoms with Gasteiger partial charge in [-0.05, 0) is 50.7 Å². The molecule has 0 radical (unpaired) electrons. The largest absolute Gasteiger partial charge is 0.382 e. The number of para-hydroxylation sites is 1. The summed E-state index contributed by atoms with van der Waals surface area (Å²) in [5.74, 6) is 1.09. The fraction of sp³-hybridized carbons (Fsp3) is 0.667. The van der Waals surface area contributed by atoms with Gasteiger partial charge in [0.05, 0.1) is 0 Å². The topological polar surface area (TPSA) is 40.1 Å². The Morgan fingerprint density at radius 1 is 1.12 bits per heavy atom. The van der Waals surface area contributed by atoms with Gasteiger partial charge in [0.2, 0.25) is 0 Å². The molecule has 0 atom stereocenters. The van der Waals surface area contributed by atoms with Crippen LogP contribution in [0.1, 0.15) is 33.1 Å². The second kappa shape index (κ2) is 9.26. The molecule has 2 fully saturated rings. The molecule has 1 aromatic rings. The van der Waals surface area contributed by atoms with Crippen LogP contribution in [0.25, 0.3) is 0 Å². The molecule has 0 bridgehead atoms. The van der Waals surface area contributed by atoms with Crippen LogP contribution in [-0.2, 0) is 4.74 Å². The van der Waals surface area contributed by atoms with Crippen molar-refractivity contribution < 1.29 is 4.74 Å². The zero-order valence-electron chi connectivity index (χ0n) is 16.4. The Morgan fingerprint density at radius 3 is 2.46 bits per heavy atom. The summed E-state index contributed by atoms with van der Waals surface area (Å²) in [6.07, 6.45) is 3.74. The molecule has 1 saturated heterocycles. The zero-order chi connectivity index (χ0) is 18.2. The summed E-state index contributed by atoms with van der Waals surface area (Å²) in [5, 5.41) is 3.50. The van der Waals surface area contributed by atoms with E-state index < -0.39 is 0 Å². The first kappa shape index (κ1) is 19.0. The Bertz CT molecular complexity index is 563. The molecule has 1 aliphatic carbocycles. The van der Waals surface area contributed by atoms with Crippen LogP contribution >= 0.6 is 0 Å². The number of piperazine rings is 1. The molecule has 1 aromatic carbocycles. The van der Waals surface area contributed by atoms with Crippen LogP contribution in [0.3, 0.4) is 0 Å². The van der Waals surface area contributed by atoms with Gasteiger partial charge in [0.15, 0.2) is 5.96 Å². The van der Waals surface area contributed by atoms with E-state index in [-0.39, 0.29) is 0 Å². The molecule has 1 saturated carbocycles. The van der Waals surface area contributed by atoms with Gasteiger partial charge >= 0.3 is 0 Å². The lowest BCUT2D eigenvalue weighted by atomic mass is 10.0. The maximum absolute atomic E-state index is 5.55. The minimum Gasteiger partial charge on any atom is -0.382 e. The predicted octanol–water partition coefficient (Wildman–Crippen LogP) is 2.98. The molecule has 144 valence electrons. The molecule has 3 rings (SSSR count). The van der Waals surface area contributed by atoms with Crippen molar-refractivity contribution in [1.82, 2.24) is 10.2 Å². The van der Waals surface area contributed by atoms with Crippen LogP contribution in [0.5, 0.6) is 0 Å². The van der Waals surface area contributed by atoms with E-state index >= 15 is 0 Å².